The lowest BCUT2D eigenvalue weighted by Crippen LogP contribution is -2.55. The van der Waals surface area contributed by atoms with Gasteiger partial charge in [0.1, 0.15) is 0 Å². The summed E-state index contributed by atoms with van der Waals surface area (Å²) in [6.07, 6.45) is 8.88. The van der Waals surface area contributed by atoms with Crippen molar-refractivity contribution in [1.82, 2.24) is 20.1 Å². The first-order chi connectivity index (χ1) is 12.2. The van der Waals surface area contributed by atoms with E-state index < -0.39 is 0 Å². The van der Waals surface area contributed by atoms with E-state index in [1.807, 2.05) is 13.2 Å². The highest BCUT2D eigenvalue weighted by Crippen LogP contribution is 2.46. The zero-order chi connectivity index (χ0) is 17.2. The molecule has 5 nitrogen and oxygen atoms in total. The Hall–Kier alpha value is -0.410. The SMILES string of the molecule is CN=C(NCCc1ncc(C)s1)N1CCN(C2CC3CCC2C3)CC1.I. The van der Waals surface area contributed by atoms with Crippen LogP contribution in [0.25, 0.3) is 0 Å². The number of aliphatic imine (C=N–C) groups is 1. The smallest absolute Gasteiger partial charge is 0.193 e. The zero-order valence-electron chi connectivity index (χ0n) is 16.0. The van der Waals surface area contributed by atoms with Crippen LogP contribution in [0.15, 0.2) is 11.2 Å². The van der Waals surface area contributed by atoms with Crippen LogP contribution in [0.1, 0.15) is 35.6 Å². The summed E-state index contributed by atoms with van der Waals surface area (Å²) in [7, 11) is 1.90. The number of nitrogens with one attached hydrogen (secondary N) is 1. The molecule has 2 saturated carbocycles. The lowest BCUT2D eigenvalue weighted by atomic mass is 9.93. The number of nitrogens with zero attached hydrogens (tertiary/aromatic N) is 4. The molecule has 7 heteroatoms. The predicted molar refractivity (Wildman–Crippen MR) is 120 cm³/mol. The Balaban J connectivity index is 0.00000196. The van der Waals surface area contributed by atoms with Gasteiger partial charge in [-0.05, 0) is 38.0 Å². The van der Waals surface area contributed by atoms with Crippen LogP contribution in [0.2, 0.25) is 0 Å². The Bertz CT molecular complexity index is 611. The summed E-state index contributed by atoms with van der Waals surface area (Å²) >= 11 is 1.79. The summed E-state index contributed by atoms with van der Waals surface area (Å²) in [5, 5.41) is 4.74. The van der Waals surface area contributed by atoms with E-state index in [2.05, 4.69) is 32.0 Å². The predicted octanol–water partition coefficient (Wildman–Crippen LogP) is 2.99. The van der Waals surface area contributed by atoms with Crippen molar-refractivity contribution in [1.29, 1.82) is 0 Å². The minimum Gasteiger partial charge on any atom is -0.356 e. The number of fused-ring (bicyclic) bond motifs is 2. The third-order valence-corrected chi connectivity index (χ3v) is 7.26. The second kappa shape index (κ2) is 9.19. The van der Waals surface area contributed by atoms with Crippen LogP contribution >= 0.6 is 35.3 Å². The van der Waals surface area contributed by atoms with Crippen molar-refractivity contribution in [2.24, 2.45) is 16.8 Å². The number of aryl methyl sites for hydroxylation is 1. The number of rotatable bonds is 4. The van der Waals surface area contributed by atoms with Crippen molar-refractivity contribution in [3.63, 3.8) is 0 Å². The molecule has 2 aliphatic carbocycles. The highest BCUT2D eigenvalue weighted by Gasteiger charge is 2.42. The van der Waals surface area contributed by atoms with Crippen LogP contribution in [0.4, 0.5) is 0 Å². The van der Waals surface area contributed by atoms with Crippen LogP contribution in [0.5, 0.6) is 0 Å². The molecular formula is C19H32IN5S. The van der Waals surface area contributed by atoms with Gasteiger partial charge in [-0.25, -0.2) is 4.98 Å². The molecule has 3 atom stereocenters. The Morgan fingerprint density at radius 2 is 2.08 bits per heavy atom. The topological polar surface area (TPSA) is 43.8 Å². The van der Waals surface area contributed by atoms with E-state index in [1.54, 1.807) is 11.3 Å². The van der Waals surface area contributed by atoms with Gasteiger partial charge in [0.05, 0.1) is 5.01 Å². The number of aromatic nitrogens is 1. The van der Waals surface area contributed by atoms with E-state index in [-0.39, 0.29) is 24.0 Å². The summed E-state index contributed by atoms with van der Waals surface area (Å²) < 4.78 is 0. The third-order valence-electron chi connectivity index (χ3n) is 6.29. The fourth-order valence-electron chi connectivity index (χ4n) is 5.05. The fraction of sp³-hybridized carbons (Fsp3) is 0.789. The first-order valence-corrected chi connectivity index (χ1v) is 10.7. The quantitative estimate of drug-likeness (QED) is 0.401. The maximum atomic E-state index is 4.50. The molecule has 3 aliphatic rings. The fourth-order valence-corrected chi connectivity index (χ4v) is 5.84. The van der Waals surface area contributed by atoms with Gasteiger partial charge in [0.15, 0.2) is 5.96 Å². The van der Waals surface area contributed by atoms with Gasteiger partial charge in [-0.3, -0.25) is 9.89 Å². The summed E-state index contributed by atoms with van der Waals surface area (Å²) in [6, 6.07) is 0.879. The first kappa shape index (κ1) is 20.3. The zero-order valence-corrected chi connectivity index (χ0v) is 19.1. The molecule has 1 aliphatic heterocycles. The molecule has 0 radical (unpaired) electrons. The minimum absolute atomic E-state index is 0. The average Bonchev–Trinajstić information content (AvgIpc) is 3.36. The number of piperazine rings is 1. The van der Waals surface area contributed by atoms with Gasteiger partial charge in [0.2, 0.25) is 0 Å². The van der Waals surface area contributed by atoms with Crippen molar-refractivity contribution < 1.29 is 0 Å². The van der Waals surface area contributed by atoms with Crippen molar-refractivity contribution in [3.8, 4) is 0 Å². The van der Waals surface area contributed by atoms with Crippen LogP contribution < -0.4 is 5.32 Å². The second-order valence-corrected chi connectivity index (χ2v) is 9.17. The van der Waals surface area contributed by atoms with Gasteiger partial charge in [0, 0.05) is 63.3 Å². The lowest BCUT2D eigenvalue weighted by Gasteiger charge is -2.41. The summed E-state index contributed by atoms with van der Waals surface area (Å²) in [6.45, 7) is 7.61. The van der Waals surface area contributed by atoms with Crippen LogP contribution in [-0.4, -0.2) is 66.6 Å². The molecule has 3 fully saturated rings. The summed E-state index contributed by atoms with van der Waals surface area (Å²) in [4.78, 5) is 15.4. The van der Waals surface area contributed by atoms with Crippen molar-refractivity contribution in [2.75, 3.05) is 39.8 Å². The van der Waals surface area contributed by atoms with E-state index in [1.165, 1.54) is 48.7 Å². The Morgan fingerprint density at radius 3 is 2.65 bits per heavy atom. The highest BCUT2D eigenvalue weighted by molar-refractivity contribution is 14.0. The molecule has 26 heavy (non-hydrogen) atoms. The van der Waals surface area contributed by atoms with Gasteiger partial charge in [-0.1, -0.05) is 6.42 Å². The maximum absolute atomic E-state index is 4.50. The van der Waals surface area contributed by atoms with Gasteiger partial charge >= 0.3 is 0 Å². The number of halogens is 1. The van der Waals surface area contributed by atoms with Gasteiger partial charge < -0.3 is 10.2 Å². The van der Waals surface area contributed by atoms with Crippen molar-refractivity contribution >= 4 is 41.3 Å². The molecule has 1 aromatic heterocycles. The first-order valence-electron chi connectivity index (χ1n) is 9.84. The Labute approximate surface area is 178 Å². The molecule has 0 spiro atoms. The van der Waals surface area contributed by atoms with Gasteiger partial charge in [-0.2, -0.15) is 0 Å². The second-order valence-electron chi connectivity index (χ2n) is 7.85. The molecule has 0 aromatic carbocycles. The number of thiazole rings is 1. The van der Waals surface area contributed by atoms with Crippen molar-refractivity contribution in [3.05, 3.63) is 16.1 Å². The minimum atomic E-state index is 0. The molecule has 2 bridgehead atoms. The van der Waals surface area contributed by atoms with E-state index in [4.69, 9.17) is 0 Å². The molecule has 4 rings (SSSR count). The van der Waals surface area contributed by atoms with Crippen molar-refractivity contribution in [2.45, 2.75) is 45.1 Å². The standard InChI is InChI=1S/C19H31N5S.HI/c1-14-13-22-18(25-14)5-6-21-19(20-2)24-9-7-23(8-10-24)17-12-15-3-4-16(17)11-15;/h13,15-17H,3-12H2,1-2H3,(H,20,21);1H. The van der Waals surface area contributed by atoms with Crippen LogP contribution in [0, 0.1) is 18.8 Å². The summed E-state index contributed by atoms with van der Waals surface area (Å²) in [5.74, 6) is 3.09. The van der Waals surface area contributed by atoms with E-state index in [0.29, 0.717) is 0 Å². The molecule has 146 valence electrons. The molecule has 3 unspecified atom stereocenters. The molecular weight excluding hydrogens is 457 g/mol. The summed E-state index contributed by atoms with van der Waals surface area (Å²) in [5.41, 5.74) is 0. The largest absolute Gasteiger partial charge is 0.356 e. The molecule has 1 aromatic rings. The van der Waals surface area contributed by atoms with E-state index in [9.17, 15) is 0 Å². The van der Waals surface area contributed by atoms with Crippen LogP contribution in [-0.2, 0) is 6.42 Å². The van der Waals surface area contributed by atoms with Gasteiger partial charge in [-0.15, -0.1) is 35.3 Å². The molecule has 0 amide bonds. The lowest BCUT2D eigenvalue weighted by molar-refractivity contribution is 0.0959. The third kappa shape index (κ3) is 4.52. The number of hydrogen-bond acceptors (Lipinski definition) is 4. The van der Waals surface area contributed by atoms with E-state index >= 15 is 0 Å². The number of hydrogen-bond donors (Lipinski definition) is 1. The molecule has 2 heterocycles. The maximum Gasteiger partial charge on any atom is 0.193 e. The van der Waals surface area contributed by atoms with E-state index in [0.717, 1.165) is 49.9 Å². The normalized spacial score (nSPS) is 29.1. The van der Waals surface area contributed by atoms with Gasteiger partial charge in [0.25, 0.3) is 0 Å². The average molecular weight is 489 g/mol. The molecule has 1 saturated heterocycles. The Kier molecular flexibility index (Phi) is 7.18. The number of guanidine groups is 1. The van der Waals surface area contributed by atoms with Crippen LogP contribution in [0.3, 0.4) is 0 Å². The Morgan fingerprint density at radius 1 is 1.27 bits per heavy atom. The molecule has 1 N–H and O–H groups in total. The monoisotopic (exact) mass is 489 g/mol. The highest BCUT2D eigenvalue weighted by atomic mass is 127.